The van der Waals surface area contributed by atoms with E-state index in [9.17, 15) is 14.0 Å². The zero-order chi connectivity index (χ0) is 18.2. The summed E-state index contributed by atoms with van der Waals surface area (Å²) in [5, 5.41) is 2.56. The first-order valence-electron chi connectivity index (χ1n) is 7.50. The smallest absolute Gasteiger partial charge is 0.317 e. The normalized spacial score (nSPS) is 11.5. The summed E-state index contributed by atoms with van der Waals surface area (Å²) in [5.74, 6) is -0.552. The Kier molecular flexibility index (Phi) is 6.82. The third-order valence-electron chi connectivity index (χ3n) is 3.21. The van der Waals surface area contributed by atoms with Crippen molar-refractivity contribution in [3.05, 3.63) is 54.3 Å². The molecule has 0 aliphatic carbocycles. The Morgan fingerprint density at radius 3 is 2.36 bits per heavy atom. The Balaban J connectivity index is 1.78. The standard InChI is InChI=1S/C18H18FNO4S/c1-12(18(22)20-14-5-3-13(19)4-6-14)24-17(21)11-25-16-9-7-15(23-2)8-10-16/h3-10,12H,11H2,1-2H3,(H,20,22)/t12-/m0/s1. The number of amides is 1. The number of carbonyl (C=O) groups excluding carboxylic acids is 2. The molecule has 7 heteroatoms. The Hall–Kier alpha value is -2.54. The molecule has 0 bridgehead atoms. The minimum absolute atomic E-state index is 0.0838. The predicted molar refractivity (Wildman–Crippen MR) is 94.3 cm³/mol. The Bertz CT molecular complexity index is 719. The molecule has 0 aliphatic rings. The molecule has 5 nitrogen and oxygen atoms in total. The van der Waals surface area contributed by atoms with Gasteiger partial charge in [-0.3, -0.25) is 9.59 Å². The molecule has 132 valence electrons. The SMILES string of the molecule is COc1ccc(SCC(=O)O[C@@H](C)C(=O)Nc2ccc(F)cc2)cc1. The van der Waals surface area contributed by atoms with Gasteiger partial charge in [-0.2, -0.15) is 0 Å². The van der Waals surface area contributed by atoms with E-state index in [-0.39, 0.29) is 5.75 Å². The van der Waals surface area contributed by atoms with Crippen molar-refractivity contribution in [3.63, 3.8) is 0 Å². The number of ether oxygens (including phenoxy) is 2. The van der Waals surface area contributed by atoms with Gasteiger partial charge in [-0.15, -0.1) is 11.8 Å². The summed E-state index contributed by atoms with van der Waals surface area (Å²) in [6.07, 6.45) is -0.950. The number of hydrogen-bond donors (Lipinski definition) is 1. The van der Waals surface area contributed by atoms with Crippen molar-refractivity contribution in [2.75, 3.05) is 18.2 Å². The molecule has 0 saturated carbocycles. The fourth-order valence-electron chi connectivity index (χ4n) is 1.88. The van der Waals surface area contributed by atoms with Crippen molar-refractivity contribution < 1.29 is 23.5 Å². The number of benzene rings is 2. The summed E-state index contributed by atoms with van der Waals surface area (Å²) >= 11 is 1.30. The van der Waals surface area contributed by atoms with Gasteiger partial charge in [-0.25, -0.2) is 4.39 Å². The second-order valence-corrected chi connectivity index (χ2v) is 6.14. The number of halogens is 1. The van der Waals surface area contributed by atoms with Gasteiger partial charge >= 0.3 is 5.97 Å². The van der Waals surface area contributed by atoms with Crippen molar-refractivity contribution in [3.8, 4) is 5.75 Å². The van der Waals surface area contributed by atoms with Gasteiger partial charge < -0.3 is 14.8 Å². The minimum Gasteiger partial charge on any atom is -0.497 e. The van der Waals surface area contributed by atoms with Crippen LogP contribution >= 0.6 is 11.8 Å². The maximum Gasteiger partial charge on any atom is 0.317 e. The highest BCUT2D eigenvalue weighted by molar-refractivity contribution is 8.00. The molecule has 2 aromatic carbocycles. The molecule has 0 aliphatic heterocycles. The fourth-order valence-corrected chi connectivity index (χ4v) is 2.56. The lowest BCUT2D eigenvalue weighted by Gasteiger charge is -2.13. The zero-order valence-corrected chi connectivity index (χ0v) is 14.6. The van der Waals surface area contributed by atoms with E-state index >= 15 is 0 Å². The first kappa shape index (κ1) is 18.8. The quantitative estimate of drug-likeness (QED) is 0.603. The number of esters is 1. The van der Waals surface area contributed by atoms with Gasteiger partial charge in [-0.1, -0.05) is 0 Å². The van der Waals surface area contributed by atoms with E-state index in [0.717, 1.165) is 10.6 Å². The molecule has 0 unspecified atom stereocenters. The molecule has 1 amide bonds. The highest BCUT2D eigenvalue weighted by atomic mass is 32.2. The third kappa shape index (κ3) is 6.11. The molecule has 25 heavy (non-hydrogen) atoms. The van der Waals surface area contributed by atoms with E-state index in [1.165, 1.54) is 43.0 Å². The average Bonchev–Trinajstić information content (AvgIpc) is 2.62. The summed E-state index contributed by atoms with van der Waals surface area (Å²) in [5.41, 5.74) is 0.432. The lowest BCUT2D eigenvalue weighted by atomic mass is 10.3. The molecule has 1 N–H and O–H groups in total. The van der Waals surface area contributed by atoms with Gasteiger partial charge in [-0.05, 0) is 55.5 Å². The van der Waals surface area contributed by atoms with Gasteiger partial charge in [0.1, 0.15) is 11.6 Å². The number of hydrogen-bond acceptors (Lipinski definition) is 5. The highest BCUT2D eigenvalue weighted by Gasteiger charge is 2.18. The number of methoxy groups -OCH3 is 1. The first-order chi connectivity index (χ1) is 12.0. The number of carbonyl (C=O) groups is 2. The maximum absolute atomic E-state index is 12.8. The fraction of sp³-hybridized carbons (Fsp3) is 0.222. The number of thioether (sulfide) groups is 1. The summed E-state index contributed by atoms with van der Waals surface area (Å²) in [6.45, 7) is 1.48. The molecule has 0 spiro atoms. The van der Waals surface area contributed by atoms with Gasteiger partial charge in [0.2, 0.25) is 0 Å². The lowest BCUT2D eigenvalue weighted by molar-refractivity contribution is -0.150. The summed E-state index contributed by atoms with van der Waals surface area (Å²) in [7, 11) is 1.58. The van der Waals surface area contributed by atoms with Crippen molar-refractivity contribution in [2.45, 2.75) is 17.9 Å². The predicted octanol–water partition coefficient (Wildman–Crippen LogP) is 3.50. The van der Waals surface area contributed by atoms with Crippen molar-refractivity contribution in [2.24, 2.45) is 0 Å². The number of rotatable bonds is 7. The van der Waals surface area contributed by atoms with Crippen LogP contribution in [0.5, 0.6) is 5.75 Å². The van der Waals surface area contributed by atoms with Gasteiger partial charge in [0.25, 0.3) is 5.91 Å². The maximum atomic E-state index is 12.8. The van der Waals surface area contributed by atoms with E-state index in [1.807, 2.05) is 12.1 Å². The minimum atomic E-state index is -0.950. The van der Waals surface area contributed by atoms with Crippen LogP contribution in [0.1, 0.15) is 6.92 Å². The average molecular weight is 363 g/mol. The van der Waals surface area contributed by atoms with E-state index in [1.54, 1.807) is 19.2 Å². The molecule has 1 atom stereocenters. The van der Waals surface area contributed by atoms with Crippen LogP contribution in [0.25, 0.3) is 0 Å². The van der Waals surface area contributed by atoms with Crippen LogP contribution in [-0.2, 0) is 14.3 Å². The topological polar surface area (TPSA) is 64.6 Å². The van der Waals surface area contributed by atoms with Crippen LogP contribution in [0.4, 0.5) is 10.1 Å². The van der Waals surface area contributed by atoms with E-state index in [2.05, 4.69) is 5.32 Å². The van der Waals surface area contributed by atoms with E-state index in [0.29, 0.717) is 5.69 Å². The van der Waals surface area contributed by atoms with Gasteiger partial charge in [0.15, 0.2) is 6.10 Å². The second-order valence-electron chi connectivity index (χ2n) is 5.09. The molecular formula is C18H18FNO4S. The zero-order valence-electron chi connectivity index (χ0n) is 13.8. The Labute approximate surface area is 149 Å². The largest absolute Gasteiger partial charge is 0.497 e. The lowest BCUT2D eigenvalue weighted by Crippen LogP contribution is -2.30. The van der Waals surface area contributed by atoms with Gasteiger partial charge in [0, 0.05) is 10.6 Å². The third-order valence-corrected chi connectivity index (χ3v) is 4.19. The molecular weight excluding hydrogens is 345 g/mol. The highest BCUT2D eigenvalue weighted by Crippen LogP contribution is 2.21. The molecule has 0 aromatic heterocycles. The Morgan fingerprint density at radius 2 is 1.76 bits per heavy atom. The Morgan fingerprint density at radius 1 is 1.12 bits per heavy atom. The van der Waals surface area contributed by atoms with Crippen LogP contribution in [0.15, 0.2) is 53.4 Å². The van der Waals surface area contributed by atoms with Crippen molar-refractivity contribution in [1.29, 1.82) is 0 Å². The summed E-state index contributed by atoms with van der Waals surface area (Å²) < 4.78 is 23.0. The van der Waals surface area contributed by atoms with E-state index < -0.39 is 23.8 Å². The van der Waals surface area contributed by atoms with Crippen molar-refractivity contribution >= 4 is 29.3 Å². The number of anilines is 1. The molecule has 2 aromatic rings. The monoisotopic (exact) mass is 363 g/mol. The molecule has 0 radical (unpaired) electrons. The van der Waals surface area contributed by atoms with Crippen LogP contribution in [0, 0.1) is 5.82 Å². The van der Waals surface area contributed by atoms with Crippen molar-refractivity contribution in [1.82, 2.24) is 0 Å². The summed E-state index contributed by atoms with van der Waals surface area (Å²) in [4.78, 5) is 24.7. The molecule has 2 rings (SSSR count). The number of nitrogens with one attached hydrogen (secondary N) is 1. The molecule has 0 fully saturated rings. The molecule has 0 saturated heterocycles. The van der Waals surface area contributed by atoms with Gasteiger partial charge in [0.05, 0.1) is 12.9 Å². The van der Waals surface area contributed by atoms with Crippen LogP contribution in [0.3, 0.4) is 0 Å². The van der Waals surface area contributed by atoms with Crippen LogP contribution < -0.4 is 10.1 Å². The molecule has 0 heterocycles. The van der Waals surface area contributed by atoms with Crippen LogP contribution in [0.2, 0.25) is 0 Å². The summed E-state index contributed by atoms with van der Waals surface area (Å²) in [6, 6.07) is 12.6. The van der Waals surface area contributed by atoms with Crippen LogP contribution in [-0.4, -0.2) is 30.8 Å². The van der Waals surface area contributed by atoms with E-state index in [4.69, 9.17) is 9.47 Å². The second kappa shape index (κ2) is 9.08. The first-order valence-corrected chi connectivity index (χ1v) is 8.49.